The van der Waals surface area contributed by atoms with Crippen LogP contribution in [0.1, 0.15) is 11.6 Å². The minimum absolute atomic E-state index is 0.168. The number of hydrogen-bond donors (Lipinski definition) is 0. The monoisotopic (exact) mass is 538 g/mol. The lowest BCUT2D eigenvalue weighted by Gasteiger charge is -2.13. The molecule has 0 aliphatic heterocycles. The lowest BCUT2D eigenvalue weighted by Crippen LogP contribution is -2.22. The number of benzene rings is 4. The molecule has 0 fully saturated rings. The molecule has 6 aromatic rings. The van der Waals surface area contributed by atoms with Crippen LogP contribution in [0.3, 0.4) is 0 Å². The van der Waals surface area contributed by atoms with Gasteiger partial charge in [-0.3, -0.25) is 18.7 Å². The van der Waals surface area contributed by atoms with Crippen molar-refractivity contribution in [3.05, 3.63) is 127 Å². The van der Waals surface area contributed by atoms with Crippen molar-refractivity contribution in [1.29, 1.82) is 0 Å². The first-order chi connectivity index (χ1) is 18.3. The second-order valence-corrected chi connectivity index (χ2v) is 9.89. The Morgan fingerprint density at radius 3 is 1.29 bits per heavy atom. The predicted molar refractivity (Wildman–Crippen MR) is 153 cm³/mol. The first-order valence-corrected chi connectivity index (χ1v) is 12.6. The Morgan fingerprint density at radius 1 is 0.553 bits per heavy atom. The number of fused-ring (bicyclic) bond motifs is 2. The number of aromatic nitrogens is 4. The van der Waals surface area contributed by atoms with Crippen LogP contribution in [0.15, 0.2) is 94.5 Å². The quantitative estimate of drug-likeness (QED) is 0.252. The molecule has 6 rings (SSSR count). The van der Waals surface area contributed by atoms with Crippen molar-refractivity contribution in [3.63, 3.8) is 0 Å². The maximum atomic E-state index is 13.2. The second kappa shape index (κ2) is 9.24. The Balaban J connectivity index is 1.36. The topological polar surface area (TPSA) is 69.8 Å². The van der Waals surface area contributed by atoms with E-state index in [2.05, 4.69) is 9.97 Å². The number of nitrogens with zero attached hydrogens (tertiary/aromatic N) is 4. The molecule has 0 N–H and O–H groups in total. The molecule has 2 aromatic heterocycles. The third-order valence-electron chi connectivity index (χ3n) is 6.58. The average molecular weight is 539 g/mol. The van der Waals surface area contributed by atoms with E-state index in [0.29, 0.717) is 54.9 Å². The van der Waals surface area contributed by atoms with Crippen LogP contribution >= 0.6 is 23.2 Å². The molecule has 38 heavy (non-hydrogen) atoms. The Kier molecular flexibility index (Phi) is 5.86. The van der Waals surface area contributed by atoms with Crippen LogP contribution in [-0.2, 0) is 0 Å². The number of aryl methyl sites for hydroxylation is 2. The van der Waals surface area contributed by atoms with Gasteiger partial charge in [-0.1, -0.05) is 47.5 Å². The summed E-state index contributed by atoms with van der Waals surface area (Å²) in [6.07, 6.45) is 0. The molecule has 6 nitrogen and oxygen atoms in total. The average Bonchev–Trinajstić information content (AvgIpc) is 2.91. The van der Waals surface area contributed by atoms with Crippen molar-refractivity contribution < 1.29 is 0 Å². The van der Waals surface area contributed by atoms with E-state index in [0.717, 1.165) is 11.1 Å². The van der Waals surface area contributed by atoms with E-state index >= 15 is 0 Å². The van der Waals surface area contributed by atoms with Gasteiger partial charge in [-0.05, 0) is 85.6 Å². The summed E-state index contributed by atoms with van der Waals surface area (Å²) in [6, 6.07) is 25.6. The van der Waals surface area contributed by atoms with Gasteiger partial charge in [0, 0.05) is 10.0 Å². The van der Waals surface area contributed by atoms with Gasteiger partial charge < -0.3 is 0 Å². The zero-order valence-corrected chi connectivity index (χ0v) is 22.0. The molecule has 0 spiro atoms. The Bertz CT molecular complexity index is 1850. The van der Waals surface area contributed by atoms with Gasteiger partial charge in [-0.2, -0.15) is 0 Å². The van der Waals surface area contributed by atoms with E-state index in [-0.39, 0.29) is 11.1 Å². The molecule has 2 heterocycles. The number of halogens is 2. The van der Waals surface area contributed by atoms with Gasteiger partial charge in [0.1, 0.15) is 11.6 Å². The summed E-state index contributed by atoms with van der Waals surface area (Å²) in [7, 11) is 0. The van der Waals surface area contributed by atoms with Gasteiger partial charge in [-0.15, -0.1) is 0 Å². The van der Waals surface area contributed by atoms with Gasteiger partial charge in [-0.25, -0.2) is 9.97 Å². The Labute approximate surface area is 227 Å². The first kappa shape index (κ1) is 24.1. The van der Waals surface area contributed by atoms with E-state index in [1.165, 1.54) is 0 Å². The maximum Gasteiger partial charge on any atom is 0.266 e. The first-order valence-electron chi connectivity index (χ1n) is 11.9. The smallest absolute Gasteiger partial charge is 0.266 e. The van der Waals surface area contributed by atoms with Crippen molar-refractivity contribution >= 4 is 45.0 Å². The summed E-state index contributed by atoms with van der Waals surface area (Å²) in [6.45, 7) is 3.61. The molecule has 0 radical (unpaired) electrons. The van der Waals surface area contributed by atoms with Gasteiger partial charge in [0.25, 0.3) is 11.1 Å². The number of hydrogen-bond acceptors (Lipinski definition) is 4. The molecule has 0 aliphatic carbocycles. The highest BCUT2D eigenvalue weighted by molar-refractivity contribution is 6.31. The Hall–Kier alpha value is -4.26. The van der Waals surface area contributed by atoms with Crippen LogP contribution in [0.5, 0.6) is 0 Å². The Morgan fingerprint density at radius 2 is 0.921 bits per heavy atom. The molecular weight excluding hydrogens is 519 g/mol. The number of rotatable bonds is 3. The third kappa shape index (κ3) is 4.08. The van der Waals surface area contributed by atoms with Crippen LogP contribution in [0.25, 0.3) is 44.3 Å². The van der Waals surface area contributed by atoms with Crippen molar-refractivity contribution in [2.24, 2.45) is 0 Å². The fourth-order valence-corrected chi connectivity index (χ4v) is 5.10. The summed E-state index contributed by atoms with van der Waals surface area (Å²) in [4.78, 5) is 35.6. The third-order valence-corrected chi connectivity index (χ3v) is 7.05. The molecule has 8 heteroatoms. The molecular formula is C30H20Cl2N4O2. The van der Waals surface area contributed by atoms with E-state index in [1.807, 2.05) is 62.4 Å². The van der Waals surface area contributed by atoms with Crippen molar-refractivity contribution in [2.45, 2.75) is 13.8 Å². The molecule has 0 amide bonds. The van der Waals surface area contributed by atoms with E-state index in [1.54, 1.807) is 45.5 Å². The standard InChI is InChI=1S/C30H20Cl2N4O2/c1-17-33-27-13-7-21(31)15-25(27)29(37)35(17)23-9-3-19(4-10-23)20-5-11-24(12-6-20)36-18(2)34-28-14-8-22(32)16-26(28)30(36)38/h3-16H,1-2H3. The van der Waals surface area contributed by atoms with Crippen LogP contribution < -0.4 is 11.1 Å². The minimum Gasteiger partial charge on any atom is -0.268 e. The molecule has 0 saturated carbocycles. The highest BCUT2D eigenvalue weighted by Crippen LogP contribution is 2.24. The van der Waals surface area contributed by atoms with Crippen LogP contribution in [0, 0.1) is 13.8 Å². The fraction of sp³-hybridized carbons (Fsp3) is 0.0667. The zero-order chi connectivity index (χ0) is 26.6. The SMILES string of the molecule is Cc1nc2ccc(Cl)cc2c(=O)n1-c1ccc(-c2ccc(-n3c(C)nc4ccc(Cl)cc4c3=O)cc2)cc1. The molecule has 0 atom stereocenters. The van der Waals surface area contributed by atoms with E-state index in [4.69, 9.17) is 23.2 Å². The molecule has 4 aromatic carbocycles. The summed E-state index contributed by atoms with van der Waals surface area (Å²) in [5.74, 6) is 1.18. The molecule has 0 saturated heterocycles. The van der Waals surface area contributed by atoms with Crippen LogP contribution in [0.2, 0.25) is 10.0 Å². The van der Waals surface area contributed by atoms with E-state index < -0.39 is 0 Å². The van der Waals surface area contributed by atoms with Gasteiger partial charge in [0.2, 0.25) is 0 Å². The molecule has 0 bridgehead atoms. The summed E-state index contributed by atoms with van der Waals surface area (Å²) < 4.78 is 3.17. The highest BCUT2D eigenvalue weighted by atomic mass is 35.5. The van der Waals surface area contributed by atoms with E-state index in [9.17, 15) is 9.59 Å². The zero-order valence-electron chi connectivity index (χ0n) is 20.4. The highest BCUT2D eigenvalue weighted by Gasteiger charge is 2.13. The fourth-order valence-electron chi connectivity index (χ4n) is 4.75. The minimum atomic E-state index is -0.168. The molecule has 0 unspecified atom stereocenters. The van der Waals surface area contributed by atoms with Crippen LogP contribution in [0.4, 0.5) is 0 Å². The lowest BCUT2D eigenvalue weighted by molar-refractivity contribution is 0.894. The van der Waals surface area contributed by atoms with Gasteiger partial charge >= 0.3 is 0 Å². The van der Waals surface area contributed by atoms with Gasteiger partial charge in [0.15, 0.2) is 0 Å². The summed E-state index contributed by atoms with van der Waals surface area (Å²) in [5.41, 5.74) is 4.26. The molecule has 186 valence electrons. The lowest BCUT2D eigenvalue weighted by atomic mass is 10.0. The summed E-state index contributed by atoms with van der Waals surface area (Å²) >= 11 is 12.2. The van der Waals surface area contributed by atoms with Crippen LogP contribution in [-0.4, -0.2) is 19.1 Å². The van der Waals surface area contributed by atoms with Gasteiger partial charge in [0.05, 0.1) is 33.2 Å². The largest absolute Gasteiger partial charge is 0.268 e. The van der Waals surface area contributed by atoms with Crippen molar-refractivity contribution in [2.75, 3.05) is 0 Å². The normalized spacial score (nSPS) is 11.4. The second-order valence-electron chi connectivity index (χ2n) is 9.02. The van der Waals surface area contributed by atoms with Crippen molar-refractivity contribution in [1.82, 2.24) is 19.1 Å². The van der Waals surface area contributed by atoms with Crippen molar-refractivity contribution in [3.8, 4) is 22.5 Å². The maximum absolute atomic E-state index is 13.2. The molecule has 0 aliphatic rings. The summed E-state index contributed by atoms with van der Waals surface area (Å²) in [5, 5.41) is 1.93. The predicted octanol–water partition coefficient (Wildman–Crippen LogP) is 6.68.